The first-order valence-electron chi connectivity index (χ1n) is 7.19. The molecule has 20 heavy (non-hydrogen) atoms. The van der Waals surface area contributed by atoms with Crippen molar-refractivity contribution in [1.29, 1.82) is 0 Å². The molecule has 3 rings (SSSR count). The summed E-state index contributed by atoms with van der Waals surface area (Å²) in [5.41, 5.74) is 1.86. The molecule has 6 nitrogen and oxygen atoms in total. The highest BCUT2D eigenvalue weighted by molar-refractivity contribution is 5.70. The Balaban J connectivity index is 1.65. The Morgan fingerprint density at radius 3 is 2.85 bits per heavy atom. The fourth-order valence-corrected chi connectivity index (χ4v) is 3.11. The van der Waals surface area contributed by atoms with Gasteiger partial charge in [0.15, 0.2) is 0 Å². The third kappa shape index (κ3) is 2.52. The molecule has 6 heteroatoms. The van der Waals surface area contributed by atoms with E-state index in [2.05, 4.69) is 15.4 Å². The number of hydrogen-bond donors (Lipinski definition) is 1. The molecule has 1 unspecified atom stereocenters. The molecule has 1 aromatic heterocycles. The molecule has 2 aliphatic heterocycles. The van der Waals surface area contributed by atoms with E-state index in [1.807, 2.05) is 13.8 Å². The molecule has 2 fully saturated rings. The maximum absolute atomic E-state index is 11.3. The number of hydrogen-bond acceptors (Lipinski definition) is 5. The number of carbonyl (C=O) groups excluding carboxylic acids is 1. The number of nitrogens with one attached hydrogen (secondary N) is 1. The van der Waals surface area contributed by atoms with Crippen molar-refractivity contribution in [3.63, 3.8) is 0 Å². The van der Waals surface area contributed by atoms with Crippen LogP contribution < -0.4 is 5.32 Å². The smallest absolute Gasteiger partial charge is 0.407 e. The Morgan fingerprint density at radius 2 is 2.20 bits per heavy atom. The van der Waals surface area contributed by atoms with Crippen molar-refractivity contribution >= 4 is 6.09 Å². The van der Waals surface area contributed by atoms with Crippen molar-refractivity contribution in [2.45, 2.75) is 45.3 Å². The van der Waals surface area contributed by atoms with E-state index >= 15 is 0 Å². The number of alkyl carbamates (subject to hydrolysis) is 1. The van der Waals surface area contributed by atoms with E-state index in [0.29, 0.717) is 6.54 Å². The van der Waals surface area contributed by atoms with Crippen LogP contribution in [0.1, 0.15) is 36.3 Å². The van der Waals surface area contributed by atoms with E-state index in [0.717, 1.165) is 50.4 Å². The predicted molar refractivity (Wildman–Crippen MR) is 72.3 cm³/mol. The van der Waals surface area contributed by atoms with Crippen molar-refractivity contribution in [1.82, 2.24) is 15.4 Å². The Labute approximate surface area is 118 Å². The first kappa shape index (κ1) is 13.4. The van der Waals surface area contributed by atoms with Crippen molar-refractivity contribution in [3.8, 4) is 0 Å². The molecule has 0 saturated carbocycles. The Bertz CT molecular complexity index is 494. The maximum Gasteiger partial charge on any atom is 0.407 e. The Morgan fingerprint density at radius 1 is 1.35 bits per heavy atom. The number of aryl methyl sites for hydroxylation is 2. The van der Waals surface area contributed by atoms with Crippen LogP contribution in [0.15, 0.2) is 4.52 Å². The molecule has 110 valence electrons. The third-order valence-corrected chi connectivity index (χ3v) is 4.42. The molecule has 0 aromatic carbocycles. The number of ether oxygens (including phenoxy) is 1. The minimum Gasteiger partial charge on any atom is -0.441 e. The lowest BCUT2D eigenvalue weighted by molar-refractivity contribution is 0.0443. The molecule has 1 amide bonds. The summed E-state index contributed by atoms with van der Waals surface area (Å²) in [5.74, 6) is 0.899. The third-order valence-electron chi connectivity index (χ3n) is 4.42. The number of amides is 1. The van der Waals surface area contributed by atoms with Gasteiger partial charge in [-0.2, -0.15) is 0 Å². The SMILES string of the molecule is Cc1noc(C)c1CN1CCCC2(CC1)CNC(=O)O2. The molecule has 1 aromatic rings. The maximum atomic E-state index is 11.3. The summed E-state index contributed by atoms with van der Waals surface area (Å²) in [6.45, 7) is 7.39. The van der Waals surface area contributed by atoms with Crippen molar-refractivity contribution in [2.75, 3.05) is 19.6 Å². The van der Waals surface area contributed by atoms with Crippen molar-refractivity contribution in [2.24, 2.45) is 0 Å². The quantitative estimate of drug-likeness (QED) is 0.893. The van der Waals surface area contributed by atoms with Gasteiger partial charge in [0.05, 0.1) is 12.2 Å². The van der Waals surface area contributed by atoms with Crippen LogP contribution in [0.3, 0.4) is 0 Å². The van der Waals surface area contributed by atoms with Gasteiger partial charge < -0.3 is 14.6 Å². The average molecular weight is 279 g/mol. The van der Waals surface area contributed by atoms with Crippen LogP contribution in [0.2, 0.25) is 0 Å². The molecule has 1 atom stereocenters. The largest absolute Gasteiger partial charge is 0.441 e. The van der Waals surface area contributed by atoms with E-state index in [4.69, 9.17) is 9.26 Å². The van der Waals surface area contributed by atoms with Crippen molar-refractivity contribution < 1.29 is 14.1 Å². The molecule has 0 aliphatic carbocycles. The van der Waals surface area contributed by atoms with Crippen LogP contribution in [0, 0.1) is 13.8 Å². The van der Waals surface area contributed by atoms with Crippen LogP contribution in [0.4, 0.5) is 4.79 Å². The van der Waals surface area contributed by atoms with Gasteiger partial charge in [-0.1, -0.05) is 5.16 Å². The lowest BCUT2D eigenvalue weighted by Crippen LogP contribution is -2.34. The van der Waals surface area contributed by atoms with Gasteiger partial charge in [0.25, 0.3) is 0 Å². The number of aromatic nitrogens is 1. The lowest BCUT2D eigenvalue weighted by atomic mass is 9.95. The summed E-state index contributed by atoms with van der Waals surface area (Å²) in [4.78, 5) is 13.7. The molecule has 2 saturated heterocycles. The second-order valence-electron chi connectivity index (χ2n) is 5.86. The van der Waals surface area contributed by atoms with Gasteiger partial charge in [0.1, 0.15) is 11.4 Å². The van der Waals surface area contributed by atoms with E-state index in [1.165, 1.54) is 5.56 Å². The zero-order chi connectivity index (χ0) is 14.2. The summed E-state index contributed by atoms with van der Waals surface area (Å²) in [5, 5.41) is 6.79. The first-order valence-corrected chi connectivity index (χ1v) is 7.19. The standard InChI is InChI=1S/C14H21N3O3/c1-10-12(11(2)20-16-10)8-17-6-3-4-14(5-7-17)9-15-13(18)19-14/h3-9H2,1-2H3,(H,15,18). The summed E-state index contributed by atoms with van der Waals surface area (Å²) in [6, 6.07) is 0. The van der Waals surface area contributed by atoms with Crippen molar-refractivity contribution in [3.05, 3.63) is 17.0 Å². The highest BCUT2D eigenvalue weighted by Crippen LogP contribution is 2.30. The summed E-state index contributed by atoms with van der Waals surface area (Å²) in [7, 11) is 0. The Hall–Kier alpha value is -1.56. The number of likely N-dealkylation sites (tertiary alicyclic amines) is 1. The minimum absolute atomic E-state index is 0.274. The van der Waals surface area contributed by atoms with Gasteiger partial charge in [-0.3, -0.25) is 4.90 Å². The second-order valence-corrected chi connectivity index (χ2v) is 5.86. The zero-order valence-corrected chi connectivity index (χ0v) is 12.1. The van der Waals surface area contributed by atoms with E-state index in [-0.39, 0.29) is 11.7 Å². The summed E-state index contributed by atoms with van der Waals surface area (Å²) < 4.78 is 10.7. The van der Waals surface area contributed by atoms with Gasteiger partial charge in [-0.15, -0.1) is 0 Å². The van der Waals surface area contributed by atoms with Gasteiger partial charge in [0, 0.05) is 25.1 Å². The van der Waals surface area contributed by atoms with Crippen LogP contribution in [-0.2, 0) is 11.3 Å². The Kier molecular flexibility index (Phi) is 3.41. The highest BCUT2D eigenvalue weighted by Gasteiger charge is 2.41. The van der Waals surface area contributed by atoms with E-state index < -0.39 is 0 Å². The van der Waals surface area contributed by atoms with Gasteiger partial charge >= 0.3 is 6.09 Å². The van der Waals surface area contributed by atoms with Crippen LogP contribution in [0.25, 0.3) is 0 Å². The van der Waals surface area contributed by atoms with Crippen LogP contribution in [0.5, 0.6) is 0 Å². The van der Waals surface area contributed by atoms with E-state index in [1.54, 1.807) is 0 Å². The summed E-state index contributed by atoms with van der Waals surface area (Å²) in [6.07, 6.45) is 2.58. The first-order chi connectivity index (χ1) is 9.58. The fourth-order valence-electron chi connectivity index (χ4n) is 3.11. The van der Waals surface area contributed by atoms with Gasteiger partial charge in [-0.25, -0.2) is 4.79 Å². The summed E-state index contributed by atoms with van der Waals surface area (Å²) >= 11 is 0. The van der Waals surface area contributed by atoms with Crippen LogP contribution >= 0.6 is 0 Å². The molecule has 0 bridgehead atoms. The molecule has 2 aliphatic rings. The number of carbonyl (C=O) groups is 1. The molecular weight excluding hydrogens is 258 g/mol. The number of rotatable bonds is 2. The van der Waals surface area contributed by atoms with E-state index in [9.17, 15) is 4.79 Å². The lowest BCUT2D eigenvalue weighted by Gasteiger charge is -2.24. The minimum atomic E-state index is -0.287. The molecular formula is C14H21N3O3. The predicted octanol–water partition coefficient (Wildman–Crippen LogP) is 1.76. The van der Waals surface area contributed by atoms with Gasteiger partial charge in [0.2, 0.25) is 0 Å². The number of nitrogens with zero attached hydrogens (tertiary/aromatic N) is 2. The fraction of sp³-hybridized carbons (Fsp3) is 0.714. The van der Waals surface area contributed by atoms with Crippen LogP contribution in [-0.4, -0.2) is 41.4 Å². The second kappa shape index (κ2) is 5.09. The highest BCUT2D eigenvalue weighted by atomic mass is 16.6. The topological polar surface area (TPSA) is 67.6 Å². The normalized spacial score (nSPS) is 27.4. The molecule has 1 spiro atoms. The molecule has 1 N–H and O–H groups in total. The molecule has 0 radical (unpaired) electrons. The average Bonchev–Trinajstić information content (AvgIpc) is 2.85. The monoisotopic (exact) mass is 279 g/mol. The molecule has 3 heterocycles. The van der Waals surface area contributed by atoms with Gasteiger partial charge in [-0.05, 0) is 33.2 Å². The zero-order valence-electron chi connectivity index (χ0n) is 12.1.